The van der Waals surface area contributed by atoms with Gasteiger partial charge >= 0.3 is 0 Å². The van der Waals surface area contributed by atoms with Gasteiger partial charge in [-0.1, -0.05) is 28.9 Å². The largest absolute Gasteiger partial charge is 0.319 e. The maximum absolute atomic E-state index is 6.42. The van der Waals surface area contributed by atoms with Crippen molar-refractivity contribution in [3.63, 3.8) is 0 Å². The first kappa shape index (κ1) is 14.8. The van der Waals surface area contributed by atoms with Crippen molar-refractivity contribution >= 4 is 31.9 Å². The first-order chi connectivity index (χ1) is 9.02. The van der Waals surface area contributed by atoms with E-state index in [1.165, 1.54) is 5.56 Å². The van der Waals surface area contributed by atoms with Gasteiger partial charge in [-0.05, 0) is 52.5 Å². The number of rotatable bonds is 4. The molecule has 0 aliphatic carbocycles. The number of aromatic nitrogens is 2. The Morgan fingerprint density at radius 2 is 2.05 bits per heavy atom. The van der Waals surface area contributed by atoms with E-state index in [1.807, 2.05) is 10.9 Å². The van der Waals surface area contributed by atoms with E-state index in [0.717, 1.165) is 33.2 Å². The maximum Gasteiger partial charge on any atom is 0.0738 e. The summed E-state index contributed by atoms with van der Waals surface area (Å²) in [5.74, 6) is 0. The van der Waals surface area contributed by atoms with Gasteiger partial charge < -0.3 is 5.73 Å². The quantitative estimate of drug-likeness (QED) is 0.856. The molecule has 2 aromatic rings. The summed E-state index contributed by atoms with van der Waals surface area (Å²) < 4.78 is 3.99. The van der Waals surface area contributed by atoms with Gasteiger partial charge in [-0.2, -0.15) is 5.10 Å². The summed E-state index contributed by atoms with van der Waals surface area (Å²) in [6.45, 7) is 5.08. The van der Waals surface area contributed by atoms with Crippen LogP contribution in [0.4, 0.5) is 0 Å². The molecule has 1 aromatic carbocycles. The second-order valence-electron chi connectivity index (χ2n) is 4.64. The molecule has 0 amide bonds. The summed E-state index contributed by atoms with van der Waals surface area (Å²) in [7, 11) is 0. The van der Waals surface area contributed by atoms with Gasteiger partial charge in [-0.15, -0.1) is 0 Å². The van der Waals surface area contributed by atoms with Crippen molar-refractivity contribution in [1.29, 1.82) is 0 Å². The maximum atomic E-state index is 6.42. The van der Waals surface area contributed by atoms with Crippen molar-refractivity contribution in [2.75, 3.05) is 0 Å². The Hall–Kier alpha value is -0.650. The number of aryl methyl sites for hydroxylation is 2. The number of nitrogens with two attached hydrogens (primary N) is 1. The van der Waals surface area contributed by atoms with Crippen molar-refractivity contribution in [2.24, 2.45) is 5.73 Å². The second kappa shape index (κ2) is 6.20. The summed E-state index contributed by atoms with van der Waals surface area (Å²) in [4.78, 5) is 0. The molecule has 0 spiro atoms. The van der Waals surface area contributed by atoms with E-state index in [2.05, 4.69) is 69.0 Å². The smallest absolute Gasteiger partial charge is 0.0738 e. The molecule has 102 valence electrons. The van der Waals surface area contributed by atoms with Gasteiger partial charge in [0, 0.05) is 11.0 Å². The third kappa shape index (κ3) is 3.27. The first-order valence-corrected chi connectivity index (χ1v) is 7.85. The van der Waals surface area contributed by atoms with Crippen molar-refractivity contribution in [3.8, 4) is 0 Å². The molecule has 1 atom stereocenters. The van der Waals surface area contributed by atoms with Gasteiger partial charge in [0.05, 0.1) is 22.4 Å². The normalized spacial score (nSPS) is 12.7. The minimum Gasteiger partial charge on any atom is -0.319 e. The lowest BCUT2D eigenvalue weighted by molar-refractivity contribution is 0.558. The summed E-state index contributed by atoms with van der Waals surface area (Å²) in [6.07, 6.45) is 2.85. The minimum absolute atomic E-state index is 0.181. The number of hydrogen-bond donors (Lipinski definition) is 1. The topological polar surface area (TPSA) is 43.8 Å². The highest BCUT2D eigenvalue weighted by atomic mass is 79.9. The molecule has 0 saturated heterocycles. The molecule has 5 heteroatoms. The molecule has 1 heterocycles. The highest BCUT2D eigenvalue weighted by Crippen LogP contribution is 2.29. The molecule has 0 aliphatic rings. The summed E-state index contributed by atoms with van der Waals surface area (Å²) in [6, 6.07) is 6.08. The molecule has 0 saturated carbocycles. The average molecular weight is 387 g/mol. The molecule has 0 radical (unpaired) electrons. The Morgan fingerprint density at radius 1 is 1.32 bits per heavy atom. The molecule has 2 rings (SSSR count). The Balaban J connectivity index is 2.43. The lowest BCUT2D eigenvalue weighted by atomic mass is 10.0. The minimum atomic E-state index is -0.181. The highest BCUT2D eigenvalue weighted by Gasteiger charge is 2.18. The van der Waals surface area contributed by atoms with Crippen LogP contribution in [-0.2, 0) is 6.54 Å². The van der Waals surface area contributed by atoms with E-state index in [0.29, 0.717) is 0 Å². The van der Waals surface area contributed by atoms with Crippen LogP contribution in [0.25, 0.3) is 0 Å². The van der Waals surface area contributed by atoms with Crippen LogP contribution in [0.5, 0.6) is 0 Å². The van der Waals surface area contributed by atoms with E-state index in [9.17, 15) is 0 Å². The van der Waals surface area contributed by atoms with Crippen LogP contribution < -0.4 is 5.73 Å². The average Bonchev–Trinajstić information content (AvgIpc) is 2.69. The van der Waals surface area contributed by atoms with E-state index in [-0.39, 0.29) is 6.04 Å². The molecule has 0 fully saturated rings. The molecule has 0 aliphatic heterocycles. The summed E-state index contributed by atoms with van der Waals surface area (Å²) in [5.41, 5.74) is 9.73. The zero-order chi connectivity index (χ0) is 14.0. The second-order valence-corrected chi connectivity index (χ2v) is 6.41. The molecule has 1 aromatic heterocycles. The fraction of sp³-hybridized carbons (Fsp3) is 0.357. The number of halogens is 2. The van der Waals surface area contributed by atoms with Crippen LogP contribution >= 0.6 is 31.9 Å². The fourth-order valence-corrected chi connectivity index (χ4v) is 3.34. The van der Waals surface area contributed by atoms with Crippen molar-refractivity contribution in [3.05, 3.63) is 50.2 Å². The highest BCUT2D eigenvalue weighted by molar-refractivity contribution is 9.10. The Bertz CT molecular complexity index is 558. The Labute approximate surface area is 130 Å². The predicted molar refractivity (Wildman–Crippen MR) is 85.1 cm³/mol. The molecule has 1 unspecified atom stereocenters. The lowest BCUT2D eigenvalue weighted by Gasteiger charge is -2.16. The zero-order valence-electron chi connectivity index (χ0n) is 11.0. The predicted octanol–water partition coefficient (Wildman–Crippen LogP) is 4.17. The zero-order valence-corrected chi connectivity index (χ0v) is 14.2. The van der Waals surface area contributed by atoms with E-state index < -0.39 is 0 Å². The number of hydrogen-bond acceptors (Lipinski definition) is 2. The third-order valence-corrected chi connectivity index (χ3v) is 4.06. The Kier molecular flexibility index (Phi) is 4.81. The molecule has 0 bridgehead atoms. The lowest BCUT2D eigenvalue weighted by Crippen LogP contribution is -2.18. The fourth-order valence-electron chi connectivity index (χ4n) is 2.17. The van der Waals surface area contributed by atoms with Crippen LogP contribution in [0.2, 0.25) is 0 Å². The van der Waals surface area contributed by atoms with Gasteiger partial charge in [0.1, 0.15) is 0 Å². The molecule has 2 N–H and O–H groups in total. The number of benzene rings is 1. The van der Waals surface area contributed by atoms with Gasteiger partial charge in [0.15, 0.2) is 0 Å². The van der Waals surface area contributed by atoms with E-state index in [4.69, 9.17) is 5.73 Å². The summed E-state index contributed by atoms with van der Waals surface area (Å²) >= 11 is 7.07. The Morgan fingerprint density at radius 3 is 2.68 bits per heavy atom. The van der Waals surface area contributed by atoms with Crippen LogP contribution in [0, 0.1) is 6.92 Å². The van der Waals surface area contributed by atoms with Gasteiger partial charge in [0.2, 0.25) is 0 Å². The van der Waals surface area contributed by atoms with Crippen molar-refractivity contribution < 1.29 is 0 Å². The van der Waals surface area contributed by atoms with Crippen molar-refractivity contribution in [2.45, 2.75) is 32.9 Å². The van der Waals surface area contributed by atoms with Gasteiger partial charge in [-0.3, -0.25) is 4.68 Å². The SMILES string of the molecule is CCCn1ncc(Br)c1C(N)c1cc(C)cc(Br)c1. The monoisotopic (exact) mass is 385 g/mol. The van der Waals surface area contributed by atoms with Crippen LogP contribution in [0.3, 0.4) is 0 Å². The van der Waals surface area contributed by atoms with Gasteiger partial charge in [0.25, 0.3) is 0 Å². The standard InChI is InChI=1S/C14H17Br2N3/c1-3-4-19-14(12(16)8-18-19)13(17)10-5-9(2)6-11(15)7-10/h5-8,13H,3-4,17H2,1-2H3. The molecular weight excluding hydrogens is 370 g/mol. The molecular formula is C14H17Br2N3. The third-order valence-electron chi connectivity index (χ3n) is 2.99. The molecule has 3 nitrogen and oxygen atoms in total. The van der Waals surface area contributed by atoms with Gasteiger partial charge in [-0.25, -0.2) is 0 Å². The molecule has 19 heavy (non-hydrogen) atoms. The van der Waals surface area contributed by atoms with Crippen molar-refractivity contribution in [1.82, 2.24) is 9.78 Å². The number of nitrogens with zero attached hydrogens (tertiary/aromatic N) is 2. The van der Waals surface area contributed by atoms with Crippen LogP contribution in [-0.4, -0.2) is 9.78 Å². The summed E-state index contributed by atoms with van der Waals surface area (Å²) in [5, 5.41) is 4.37. The van der Waals surface area contributed by atoms with Crippen LogP contribution in [0.15, 0.2) is 33.3 Å². The van der Waals surface area contributed by atoms with Crippen LogP contribution in [0.1, 0.15) is 36.2 Å². The van der Waals surface area contributed by atoms with E-state index >= 15 is 0 Å². The first-order valence-electron chi connectivity index (χ1n) is 6.26. The van der Waals surface area contributed by atoms with E-state index in [1.54, 1.807) is 0 Å².